The Morgan fingerprint density at radius 2 is 1.88 bits per heavy atom. The van der Waals surface area contributed by atoms with E-state index in [-0.39, 0.29) is 0 Å². The highest BCUT2D eigenvalue weighted by molar-refractivity contribution is 5.85. The smallest absolute Gasteiger partial charge is 0.0622 e. The van der Waals surface area contributed by atoms with Gasteiger partial charge in [-0.3, -0.25) is 0 Å². The number of hydrogen-bond acceptors (Lipinski definition) is 2. The number of hydrogen-bond donors (Lipinski definition) is 1. The van der Waals surface area contributed by atoms with E-state index in [2.05, 4.69) is 53.9 Å². The number of nitrogens with zero attached hydrogens (tertiary/aromatic N) is 1. The largest absolute Gasteiger partial charge is 0.313 e. The Hall–Kier alpha value is -1.85. The molecule has 2 nitrogen and oxygen atoms in total. The van der Waals surface area contributed by atoms with Crippen molar-refractivity contribution in [2.75, 3.05) is 6.54 Å². The van der Waals surface area contributed by atoms with E-state index in [0.717, 1.165) is 19.5 Å². The Morgan fingerprint density at radius 1 is 1.06 bits per heavy atom. The standard InChI is InChI=1S/C15H16N2/c16-10-3-4-11-17-12-14-8-5-7-13-6-1-2-9-15(13)14/h1-2,5-9,17H,3-4,11-12H2. The number of benzene rings is 2. The van der Waals surface area contributed by atoms with Crippen LogP contribution in [-0.2, 0) is 6.54 Å². The van der Waals surface area contributed by atoms with Crippen LogP contribution >= 0.6 is 0 Å². The summed E-state index contributed by atoms with van der Waals surface area (Å²) in [6.45, 7) is 1.77. The molecule has 0 heterocycles. The average molecular weight is 224 g/mol. The van der Waals surface area contributed by atoms with Crippen molar-refractivity contribution in [3.63, 3.8) is 0 Å². The van der Waals surface area contributed by atoms with E-state index < -0.39 is 0 Å². The highest BCUT2D eigenvalue weighted by atomic mass is 14.8. The highest BCUT2D eigenvalue weighted by Crippen LogP contribution is 2.18. The predicted molar refractivity (Wildman–Crippen MR) is 70.5 cm³/mol. The van der Waals surface area contributed by atoms with Crippen LogP contribution in [-0.4, -0.2) is 6.54 Å². The third-order valence-electron chi connectivity index (χ3n) is 2.84. The first-order chi connectivity index (χ1) is 8.42. The highest BCUT2D eigenvalue weighted by Gasteiger charge is 1.98. The van der Waals surface area contributed by atoms with Crippen molar-refractivity contribution in [1.29, 1.82) is 5.26 Å². The van der Waals surface area contributed by atoms with Crippen LogP contribution in [0, 0.1) is 11.3 Å². The zero-order valence-corrected chi connectivity index (χ0v) is 9.82. The van der Waals surface area contributed by atoms with Crippen molar-refractivity contribution in [2.24, 2.45) is 0 Å². The van der Waals surface area contributed by atoms with Crippen molar-refractivity contribution in [1.82, 2.24) is 5.32 Å². The minimum Gasteiger partial charge on any atom is -0.313 e. The molecule has 0 saturated heterocycles. The van der Waals surface area contributed by atoms with Gasteiger partial charge in [0.2, 0.25) is 0 Å². The molecule has 2 aromatic rings. The van der Waals surface area contributed by atoms with Crippen molar-refractivity contribution >= 4 is 10.8 Å². The van der Waals surface area contributed by atoms with Crippen LogP contribution in [0.5, 0.6) is 0 Å². The molecule has 0 aliphatic rings. The molecule has 0 saturated carbocycles. The first kappa shape index (κ1) is 11.6. The summed E-state index contributed by atoms with van der Waals surface area (Å²) in [7, 11) is 0. The SMILES string of the molecule is N#CCCCNCc1cccc2ccccc12. The normalized spacial score (nSPS) is 10.3. The molecule has 17 heavy (non-hydrogen) atoms. The van der Waals surface area contributed by atoms with Gasteiger partial charge in [-0.25, -0.2) is 0 Å². The van der Waals surface area contributed by atoms with Gasteiger partial charge in [-0.1, -0.05) is 42.5 Å². The molecule has 0 unspecified atom stereocenters. The van der Waals surface area contributed by atoms with E-state index in [1.165, 1.54) is 16.3 Å². The summed E-state index contributed by atoms with van der Waals surface area (Å²) in [5.74, 6) is 0. The molecule has 0 amide bonds. The van der Waals surface area contributed by atoms with Crippen molar-refractivity contribution in [3.05, 3.63) is 48.0 Å². The van der Waals surface area contributed by atoms with Crippen LogP contribution in [0.3, 0.4) is 0 Å². The summed E-state index contributed by atoms with van der Waals surface area (Å²) in [4.78, 5) is 0. The van der Waals surface area contributed by atoms with Gasteiger partial charge in [0, 0.05) is 13.0 Å². The fourth-order valence-electron chi connectivity index (χ4n) is 1.96. The maximum atomic E-state index is 8.45. The molecule has 1 N–H and O–H groups in total. The maximum Gasteiger partial charge on any atom is 0.0622 e. The fourth-order valence-corrected chi connectivity index (χ4v) is 1.96. The van der Waals surface area contributed by atoms with Gasteiger partial charge in [0.05, 0.1) is 6.07 Å². The quantitative estimate of drug-likeness (QED) is 0.791. The molecule has 0 atom stereocenters. The Bertz CT molecular complexity index is 520. The molecule has 0 aliphatic carbocycles. The second-order valence-electron chi connectivity index (χ2n) is 4.08. The van der Waals surface area contributed by atoms with E-state index in [9.17, 15) is 0 Å². The van der Waals surface area contributed by atoms with Crippen molar-refractivity contribution in [3.8, 4) is 6.07 Å². The number of nitrogens with one attached hydrogen (secondary N) is 1. The Morgan fingerprint density at radius 3 is 2.76 bits per heavy atom. The van der Waals surface area contributed by atoms with Gasteiger partial charge in [-0.15, -0.1) is 0 Å². The maximum absolute atomic E-state index is 8.45. The van der Waals surface area contributed by atoms with Crippen LogP contribution in [0.15, 0.2) is 42.5 Å². The number of rotatable bonds is 5. The van der Waals surface area contributed by atoms with Gasteiger partial charge in [0.25, 0.3) is 0 Å². The Labute approximate surface area is 102 Å². The molecular formula is C15H16N2. The summed E-state index contributed by atoms with van der Waals surface area (Å²) in [6.07, 6.45) is 1.55. The van der Waals surface area contributed by atoms with E-state index >= 15 is 0 Å². The molecule has 0 fully saturated rings. The minimum absolute atomic E-state index is 0.628. The zero-order valence-electron chi connectivity index (χ0n) is 9.82. The van der Waals surface area contributed by atoms with Crippen LogP contribution in [0.4, 0.5) is 0 Å². The summed E-state index contributed by atoms with van der Waals surface area (Å²) in [5, 5.41) is 14.4. The summed E-state index contributed by atoms with van der Waals surface area (Å²) < 4.78 is 0. The van der Waals surface area contributed by atoms with Gasteiger partial charge in [0.1, 0.15) is 0 Å². The number of nitriles is 1. The van der Waals surface area contributed by atoms with Crippen LogP contribution in [0.1, 0.15) is 18.4 Å². The minimum atomic E-state index is 0.628. The lowest BCUT2D eigenvalue weighted by Gasteiger charge is -2.07. The van der Waals surface area contributed by atoms with Crippen molar-refractivity contribution < 1.29 is 0 Å². The van der Waals surface area contributed by atoms with Gasteiger partial charge in [-0.2, -0.15) is 5.26 Å². The monoisotopic (exact) mass is 224 g/mol. The summed E-state index contributed by atoms with van der Waals surface area (Å²) >= 11 is 0. The predicted octanol–water partition coefficient (Wildman–Crippen LogP) is 3.23. The second kappa shape index (κ2) is 6.03. The third kappa shape index (κ3) is 3.05. The third-order valence-corrected chi connectivity index (χ3v) is 2.84. The molecule has 86 valence electrons. The van der Waals surface area contributed by atoms with E-state index in [1.54, 1.807) is 0 Å². The summed E-state index contributed by atoms with van der Waals surface area (Å²) in [6, 6.07) is 17.0. The van der Waals surface area contributed by atoms with E-state index in [0.29, 0.717) is 6.42 Å². The topological polar surface area (TPSA) is 35.8 Å². The number of fused-ring (bicyclic) bond motifs is 1. The fraction of sp³-hybridized carbons (Fsp3) is 0.267. The molecule has 2 aromatic carbocycles. The van der Waals surface area contributed by atoms with Crippen molar-refractivity contribution in [2.45, 2.75) is 19.4 Å². The average Bonchev–Trinajstić information content (AvgIpc) is 2.39. The van der Waals surface area contributed by atoms with Crippen LogP contribution in [0.25, 0.3) is 10.8 Å². The Balaban J connectivity index is 2.01. The van der Waals surface area contributed by atoms with Gasteiger partial charge in [-0.05, 0) is 29.3 Å². The number of unbranched alkanes of at least 4 members (excludes halogenated alkanes) is 1. The molecule has 0 aromatic heterocycles. The molecular weight excluding hydrogens is 208 g/mol. The lowest BCUT2D eigenvalue weighted by molar-refractivity contribution is 0.660. The molecule has 0 aliphatic heterocycles. The molecule has 2 rings (SSSR count). The molecule has 2 heteroatoms. The van der Waals surface area contributed by atoms with E-state index in [4.69, 9.17) is 5.26 Å². The van der Waals surface area contributed by atoms with Crippen LogP contribution in [0.2, 0.25) is 0 Å². The van der Waals surface area contributed by atoms with Crippen LogP contribution < -0.4 is 5.32 Å². The van der Waals surface area contributed by atoms with Gasteiger partial charge in [0.15, 0.2) is 0 Å². The molecule has 0 radical (unpaired) electrons. The van der Waals surface area contributed by atoms with Gasteiger partial charge >= 0.3 is 0 Å². The Kier molecular flexibility index (Phi) is 4.12. The lowest BCUT2D eigenvalue weighted by atomic mass is 10.0. The first-order valence-corrected chi connectivity index (χ1v) is 5.96. The lowest BCUT2D eigenvalue weighted by Crippen LogP contribution is -2.14. The van der Waals surface area contributed by atoms with E-state index in [1.807, 2.05) is 0 Å². The second-order valence-corrected chi connectivity index (χ2v) is 4.08. The zero-order chi connectivity index (χ0) is 11.9. The molecule has 0 bridgehead atoms. The first-order valence-electron chi connectivity index (χ1n) is 5.96. The van der Waals surface area contributed by atoms with Gasteiger partial charge < -0.3 is 5.32 Å². The molecule has 0 spiro atoms. The summed E-state index contributed by atoms with van der Waals surface area (Å²) in [5.41, 5.74) is 1.32.